The number of alkyl halides is 3. The fourth-order valence-corrected chi connectivity index (χ4v) is 2.36. The van der Waals surface area contributed by atoms with Crippen molar-refractivity contribution in [2.45, 2.75) is 12.8 Å². The van der Waals surface area contributed by atoms with Crippen LogP contribution in [0.3, 0.4) is 0 Å². The van der Waals surface area contributed by atoms with E-state index in [1.54, 1.807) is 24.3 Å². The van der Waals surface area contributed by atoms with Crippen molar-refractivity contribution in [1.29, 1.82) is 0 Å². The number of hydrogen-bond donors (Lipinski definition) is 1. The summed E-state index contributed by atoms with van der Waals surface area (Å²) in [5.74, 6) is -0.281. The Hall–Kier alpha value is -1.72. The molecule has 112 valence electrons. The fourth-order valence-electron chi connectivity index (χ4n) is 2.04. The molecule has 2 aromatic carbocycles. The Labute approximate surface area is 125 Å². The van der Waals surface area contributed by atoms with Gasteiger partial charge >= 0.3 is 6.36 Å². The normalized spacial score (nSPS) is 11.5. The predicted molar refractivity (Wildman–Crippen MR) is 76.3 cm³/mol. The summed E-state index contributed by atoms with van der Waals surface area (Å²) in [5.41, 5.74) is 7.07. The lowest BCUT2D eigenvalue weighted by atomic mass is 10.0. The van der Waals surface area contributed by atoms with Crippen molar-refractivity contribution in [3.63, 3.8) is 0 Å². The average Bonchev–Trinajstić information content (AvgIpc) is 2.41. The van der Waals surface area contributed by atoms with Crippen molar-refractivity contribution < 1.29 is 17.9 Å². The van der Waals surface area contributed by atoms with E-state index in [-0.39, 0.29) is 5.75 Å². The number of halogens is 4. The third kappa shape index (κ3) is 3.89. The highest BCUT2D eigenvalue weighted by Crippen LogP contribution is 2.38. The molecular weight excluding hydrogens is 303 g/mol. The van der Waals surface area contributed by atoms with Crippen LogP contribution in [0.15, 0.2) is 42.5 Å². The zero-order chi connectivity index (χ0) is 15.5. The molecule has 0 amide bonds. The van der Waals surface area contributed by atoms with Crippen LogP contribution in [0.5, 0.6) is 5.75 Å². The molecule has 0 atom stereocenters. The molecule has 0 fully saturated rings. The first-order chi connectivity index (χ1) is 9.92. The lowest BCUT2D eigenvalue weighted by Crippen LogP contribution is -2.17. The van der Waals surface area contributed by atoms with Gasteiger partial charge in [0.25, 0.3) is 0 Å². The molecule has 2 N–H and O–H groups in total. The number of hydrogen-bond acceptors (Lipinski definition) is 2. The molecule has 0 spiro atoms. The van der Waals surface area contributed by atoms with Crippen LogP contribution in [-0.2, 0) is 6.42 Å². The van der Waals surface area contributed by atoms with Crippen LogP contribution in [-0.4, -0.2) is 12.9 Å². The van der Waals surface area contributed by atoms with Crippen LogP contribution in [0, 0.1) is 0 Å². The van der Waals surface area contributed by atoms with Gasteiger partial charge in [0.05, 0.1) is 5.02 Å². The highest BCUT2D eigenvalue weighted by molar-refractivity contribution is 6.34. The first-order valence-electron chi connectivity index (χ1n) is 6.25. The van der Waals surface area contributed by atoms with Crippen molar-refractivity contribution in [2.24, 2.45) is 5.73 Å². The minimum Gasteiger partial charge on any atom is -0.405 e. The Balaban J connectivity index is 2.50. The quantitative estimate of drug-likeness (QED) is 0.907. The minimum atomic E-state index is -4.75. The van der Waals surface area contributed by atoms with E-state index in [4.69, 9.17) is 17.3 Å². The van der Waals surface area contributed by atoms with Gasteiger partial charge in [-0.2, -0.15) is 0 Å². The van der Waals surface area contributed by atoms with Gasteiger partial charge in [-0.3, -0.25) is 0 Å². The van der Waals surface area contributed by atoms with E-state index in [0.29, 0.717) is 29.1 Å². The van der Waals surface area contributed by atoms with Gasteiger partial charge in [-0.15, -0.1) is 13.2 Å². The molecule has 0 unspecified atom stereocenters. The lowest BCUT2D eigenvalue weighted by Gasteiger charge is -2.15. The summed E-state index contributed by atoms with van der Waals surface area (Å²) in [6.45, 7) is 0.407. The van der Waals surface area contributed by atoms with Gasteiger partial charge in [-0.1, -0.05) is 48.0 Å². The second-order valence-corrected chi connectivity index (χ2v) is 4.74. The van der Waals surface area contributed by atoms with Crippen molar-refractivity contribution in [3.05, 3.63) is 53.1 Å². The van der Waals surface area contributed by atoms with Crippen LogP contribution in [0.1, 0.15) is 5.56 Å². The van der Waals surface area contributed by atoms with Gasteiger partial charge in [0, 0.05) is 11.1 Å². The topological polar surface area (TPSA) is 35.2 Å². The number of benzene rings is 2. The molecule has 0 aliphatic heterocycles. The van der Waals surface area contributed by atoms with Gasteiger partial charge in [-0.25, -0.2) is 0 Å². The first kappa shape index (κ1) is 15.7. The van der Waals surface area contributed by atoms with Gasteiger partial charge in [-0.05, 0) is 24.6 Å². The third-order valence-electron chi connectivity index (χ3n) is 2.90. The molecule has 0 saturated carbocycles. The summed E-state index contributed by atoms with van der Waals surface area (Å²) in [6.07, 6.45) is -4.20. The number of para-hydroxylation sites is 1. The zero-order valence-corrected chi connectivity index (χ0v) is 11.7. The molecule has 2 aromatic rings. The second-order valence-electron chi connectivity index (χ2n) is 4.36. The molecule has 21 heavy (non-hydrogen) atoms. The molecule has 2 rings (SSSR count). The second kappa shape index (κ2) is 6.37. The van der Waals surface area contributed by atoms with Crippen molar-refractivity contribution >= 4 is 11.6 Å². The predicted octanol–water partition coefficient (Wildman–Crippen LogP) is 4.41. The number of nitrogens with two attached hydrogens (primary N) is 1. The lowest BCUT2D eigenvalue weighted by molar-refractivity contribution is -0.274. The molecule has 2 nitrogen and oxygen atoms in total. The Kier molecular flexibility index (Phi) is 4.75. The van der Waals surface area contributed by atoms with E-state index < -0.39 is 6.36 Å². The van der Waals surface area contributed by atoms with E-state index in [9.17, 15) is 13.2 Å². The molecule has 0 aliphatic rings. The van der Waals surface area contributed by atoms with E-state index in [2.05, 4.69) is 4.74 Å². The smallest absolute Gasteiger partial charge is 0.405 e. The molecular formula is C15H13ClF3NO. The Bertz CT molecular complexity index is 629. The highest BCUT2D eigenvalue weighted by atomic mass is 35.5. The summed E-state index contributed by atoms with van der Waals surface area (Å²) < 4.78 is 41.5. The zero-order valence-electron chi connectivity index (χ0n) is 11.0. The van der Waals surface area contributed by atoms with Gasteiger partial charge in [0.1, 0.15) is 5.75 Å². The maximum Gasteiger partial charge on any atom is 0.573 e. The van der Waals surface area contributed by atoms with Crippen LogP contribution in [0.25, 0.3) is 11.1 Å². The Morgan fingerprint density at radius 1 is 1.00 bits per heavy atom. The van der Waals surface area contributed by atoms with Gasteiger partial charge in [0.2, 0.25) is 0 Å². The van der Waals surface area contributed by atoms with E-state index in [0.717, 1.165) is 5.56 Å². The maximum atomic E-state index is 12.5. The SMILES string of the molecule is NCCc1cccc(-c2ccccc2OC(F)(F)F)c1Cl. The summed E-state index contributed by atoms with van der Waals surface area (Å²) in [5, 5.41) is 0.390. The number of rotatable bonds is 4. The summed E-state index contributed by atoms with van der Waals surface area (Å²) in [6, 6.07) is 11.1. The largest absolute Gasteiger partial charge is 0.573 e. The van der Waals surface area contributed by atoms with E-state index in [1.165, 1.54) is 18.2 Å². The highest BCUT2D eigenvalue weighted by Gasteiger charge is 2.32. The van der Waals surface area contributed by atoms with Crippen LogP contribution in [0.4, 0.5) is 13.2 Å². The molecule has 0 aliphatic carbocycles. The summed E-state index contributed by atoms with van der Waals surface area (Å²) >= 11 is 6.27. The Morgan fingerprint density at radius 3 is 2.33 bits per heavy atom. The molecule has 6 heteroatoms. The average molecular weight is 316 g/mol. The van der Waals surface area contributed by atoms with E-state index in [1.807, 2.05) is 0 Å². The van der Waals surface area contributed by atoms with Crippen molar-refractivity contribution in [2.75, 3.05) is 6.54 Å². The first-order valence-corrected chi connectivity index (χ1v) is 6.63. The standard InChI is InChI=1S/C15H13ClF3NO/c16-14-10(8-9-20)4-3-6-12(14)11-5-1-2-7-13(11)21-15(17,18)19/h1-7H,8-9,20H2. The van der Waals surface area contributed by atoms with Gasteiger partial charge in [0.15, 0.2) is 0 Å². The molecule has 0 aromatic heterocycles. The van der Waals surface area contributed by atoms with Crippen LogP contribution < -0.4 is 10.5 Å². The summed E-state index contributed by atoms with van der Waals surface area (Å²) in [4.78, 5) is 0. The monoisotopic (exact) mass is 315 g/mol. The van der Waals surface area contributed by atoms with Crippen LogP contribution in [0.2, 0.25) is 5.02 Å². The van der Waals surface area contributed by atoms with E-state index >= 15 is 0 Å². The maximum absolute atomic E-state index is 12.5. The van der Waals surface area contributed by atoms with Crippen molar-refractivity contribution in [1.82, 2.24) is 0 Å². The minimum absolute atomic E-state index is 0.281. The molecule has 0 radical (unpaired) electrons. The third-order valence-corrected chi connectivity index (χ3v) is 3.34. The molecule has 0 saturated heterocycles. The summed E-state index contributed by atoms with van der Waals surface area (Å²) in [7, 11) is 0. The van der Waals surface area contributed by atoms with Crippen LogP contribution >= 0.6 is 11.6 Å². The number of ether oxygens (including phenoxy) is 1. The Morgan fingerprint density at radius 2 is 1.67 bits per heavy atom. The van der Waals surface area contributed by atoms with Crippen molar-refractivity contribution in [3.8, 4) is 16.9 Å². The molecule has 0 bridgehead atoms. The fraction of sp³-hybridized carbons (Fsp3) is 0.200. The van der Waals surface area contributed by atoms with Gasteiger partial charge < -0.3 is 10.5 Å². The molecule has 0 heterocycles.